The predicted molar refractivity (Wildman–Crippen MR) is 144 cm³/mol. The van der Waals surface area contributed by atoms with Gasteiger partial charge >= 0.3 is 0 Å². The van der Waals surface area contributed by atoms with Crippen LogP contribution < -0.4 is 14.2 Å². The van der Waals surface area contributed by atoms with E-state index in [0.29, 0.717) is 42.1 Å². The number of benzene rings is 2. The SMILES string of the molecule is CCOc1cc(/C=C2/C(=N)N3N=C(C(C)C)SC3=NC2=O)ccc1OCCOc1ccc(C)cc1C. The first-order chi connectivity index (χ1) is 17.3. The Morgan fingerprint density at radius 3 is 2.44 bits per heavy atom. The number of hydrazone groups is 1. The summed E-state index contributed by atoms with van der Waals surface area (Å²) in [6, 6.07) is 11.5. The summed E-state index contributed by atoms with van der Waals surface area (Å²) >= 11 is 1.33. The fourth-order valence-electron chi connectivity index (χ4n) is 3.67. The smallest absolute Gasteiger partial charge is 0.283 e. The number of hydrogen-bond donors (Lipinski definition) is 1. The first-order valence-corrected chi connectivity index (χ1v) is 12.7. The maximum absolute atomic E-state index is 12.7. The number of carbonyl (C=O) groups excluding carboxylic acids is 1. The summed E-state index contributed by atoms with van der Waals surface area (Å²) < 4.78 is 17.6. The minimum Gasteiger partial charge on any atom is -0.490 e. The third kappa shape index (κ3) is 5.62. The Labute approximate surface area is 215 Å². The van der Waals surface area contributed by atoms with Crippen LogP contribution in [0, 0.1) is 25.2 Å². The van der Waals surface area contributed by atoms with Crippen LogP contribution in [0.25, 0.3) is 6.08 Å². The van der Waals surface area contributed by atoms with Crippen LogP contribution in [0.1, 0.15) is 37.5 Å². The van der Waals surface area contributed by atoms with Crippen molar-refractivity contribution in [3.8, 4) is 17.2 Å². The van der Waals surface area contributed by atoms with E-state index in [-0.39, 0.29) is 17.3 Å². The number of hydrogen-bond acceptors (Lipinski definition) is 7. The summed E-state index contributed by atoms with van der Waals surface area (Å²) in [5.41, 5.74) is 3.15. The largest absolute Gasteiger partial charge is 0.490 e. The van der Waals surface area contributed by atoms with E-state index in [1.165, 1.54) is 22.3 Å². The monoisotopic (exact) mass is 506 g/mol. The lowest BCUT2D eigenvalue weighted by atomic mass is 10.1. The van der Waals surface area contributed by atoms with E-state index in [0.717, 1.165) is 16.4 Å². The van der Waals surface area contributed by atoms with Crippen molar-refractivity contribution in [1.82, 2.24) is 5.01 Å². The number of rotatable bonds is 9. The molecule has 0 aliphatic carbocycles. The zero-order chi connectivity index (χ0) is 25.8. The van der Waals surface area contributed by atoms with Crippen LogP contribution in [0.5, 0.6) is 17.2 Å². The average molecular weight is 507 g/mol. The van der Waals surface area contributed by atoms with Crippen molar-refractivity contribution in [2.75, 3.05) is 19.8 Å². The molecule has 188 valence electrons. The van der Waals surface area contributed by atoms with Gasteiger partial charge in [-0.3, -0.25) is 10.2 Å². The van der Waals surface area contributed by atoms with Gasteiger partial charge in [0.15, 0.2) is 17.3 Å². The number of ether oxygens (including phenoxy) is 3. The van der Waals surface area contributed by atoms with Crippen molar-refractivity contribution >= 4 is 39.8 Å². The molecule has 0 atom stereocenters. The Kier molecular flexibility index (Phi) is 7.79. The van der Waals surface area contributed by atoms with Crippen LogP contribution >= 0.6 is 11.8 Å². The van der Waals surface area contributed by atoms with Crippen molar-refractivity contribution in [2.45, 2.75) is 34.6 Å². The molecule has 0 aromatic heterocycles. The van der Waals surface area contributed by atoms with Crippen LogP contribution in [0.4, 0.5) is 0 Å². The number of nitrogens with one attached hydrogen (secondary N) is 1. The third-order valence-electron chi connectivity index (χ3n) is 5.47. The molecule has 9 heteroatoms. The Morgan fingerprint density at radius 2 is 1.75 bits per heavy atom. The van der Waals surface area contributed by atoms with Crippen LogP contribution in [0.3, 0.4) is 0 Å². The van der Waals surface area contributed by atoms with Crippen molar-refractivity contribution in [3.63, 3.8) is 0 Å². The number of thioether (sulfide) groups is 1. The molecule has 2 heterocycles. The van der Waals surface area contributed by atoms with Crippen LogP contribution in [-0.2, 0) is 4.79 Å². The second kappa shape index (κ2) is 11.0. The molecule has 2 aromatic carbocycles. The summed E-state index contributed by atoms with van der Waals surface area (Å²) in [6.07, 6.45) is 1.63. The molecule has 0 radical (unpaired) electrons. The number of carbonyl (C=O) groups is 1. The molecule has 4 rings (SSSR count). The summed E-state index contributed by atoms with van der Waals surface area (Å²) in [6.45, 7) is 11.2. The van der Waals surface area contributed by atoms with Crippen LogP contribution in [0.15, 0.2) is 52.1 Å². The molecule has 36 heavy (non-hydrogen) atoms. The molecule has 0 fully saturated rings. The number of amidine groups is 2. The molecule has 1 amide bonds. The number of aryl methyl sites for hydroxylation is 2. The average Bonchev–Trinajstić information content (AvgIpc) is 3.26. The lowest BCUT2D eigenvalue weighted by Crippen LogP contribution is -2.35. The van der Waals surface area contributed by atoms with Crippen molar-refractivity contribution in [1.29, 1.82) is 5.41 Å². The van der Waals surface area contributed by atoms with E-state index >= 15 is 0 Å². The van der Waals surface area contributed by atoms with Gasteiger partial charge in [0.25, 0.3) is 5.91 Å². The first kappa shape index (κ1) is 25.5. The van der Waals surface area contributed by atoms with E-state index in [1.807, 2.05) is 52.8 Å². The predicted octanol–water partition coefficient (Wildman–Crippen LogP) is 5.44. The van der Waals surface area contributed by atoms with Crippen LogP contribution in [0.2, 0.25) is 0 Å². The summed E-state index contributed by atoms with van der Waals surface area (Å²) in [4.78, 5) is 16.8. The minimum absolute atomic E-state index is 0.00924. The van der Waals surface area contributed by atoms with Gasteiger partial charge in [-0.15, -0.1) is 0 Å². The van der Waals surface area contributed by atoms with Crippen molar-refractivity contribution < 1.29 is 19.0 Å². The second-order valence-corrected chi connectivity index (χ2v) is 9.71. The van der Waals surface area contributed by atoms with Gasteiger partial charge in [-0.1, -0.05) is 37.6 Å². The summed E-state index contributed by atoms with van der Waals surface area (Å²) in [7, 11) is 0. The third-order valence-corrected chi connectivity index (χ3v) is 6.68. The molecular weight excluding hydrogens is 476 g/mol. The highest BCUT2D eigenvalue weighted by atomic mass is 32.2. The molecule has 1 N–H and O–H groups in total. The lowest BCUT2D eigenvalue weighted by Gasteiger charge is -2.20. The molecule has 8 nitrogen and oxygen atoms in total. The highest BCUT2D eigenvalue weighted by Crippen LogP contribution is 2.33. The molecule has 0 bridgehead atoms. The van der Waals surface area contributed by atoms with E-state index in [2.05, 4.69) is 16.2 Å². The molecule has 2 aliphatic heterocycles. The Balaban J connectivity index is 1.47. The maximum atomic E-state index is 12.7. The zero-order valence-corrected chi connectivity index (χ0v) is 21.9. The minimum atomic E-state index is -0.458. The molecule has 0 unspecified atom stereocenters. The van der Waals surface area contributed by atoms with E-state index in [4.69, 9.17) is 19.6 Å². The summed E-state index contributed by atoms with van der Waals surface area (Å²) in [5, 5.41) is 15.7. The van der Waals surface area contributed by atoms with Gasteiger partial charge in [0, 0.05) is 5.92 Å². The summed E-state index contributed by atoms with van der Waals surface area (Å²) in [5.74, 6) is 1.70. The van der Waals surface area contributed by atoms with E-state index < -0.39 is 5.91 Å². The zero-order valence-electron chi connectivity index (χ0n) is 21.1. The Hall–Kier alpha value is -3.59. The fraction of sp³-hybridized carbons (Fsp3) is 0.333. The quantitative estimate of drug-likeness (QED) is 0.360. The normalized spacial score (nSPS) is 16.3. The van der Waals surface area contributed by atoms with Crippen molar-refractivity contribution in [3.05, 3.63) is 58.7 Å². The molecule has 2 aromatic rings. The van der Waals surface area contributed by atoms with Gasteiger partial charge < -0.3 is 14.2 Å². The van der Waals surface area contributed by atoms with Gasteiger partial charge in [0.2, 0.25) is 5.17 Å². The number of amides is 1. The number of nitrogens with zero attached hydrogens (tertiary/aromatic N) is 3. The standard InChI is InChI=1S/C27H30N4O4S/c1-6-33-23-15-19(8-10-22(23)35-12-11-34-21-9-7-17(4)13-18(21)5)14-20-24(28)31-27(29-25(20)32)36-26(30-31)16(2)3/h7-10,13-16,28H,6,11-12H2,1-5H3/b20-14-,28-24?. The lowest BCUT2D eigenvalue weighted by molar-refractivity contribution is -0.114. The maximum Gasteiger partial charge on any atom is 0.283 e. The number of aliphatic imine (C=N–C) groups is 1. The van der Waals surface area contributed by atoms with E-state index in [1.54, 1.807) is 18.2 Å². The Bertz CT molecular complexity index is 1280. The van der Waals surface area contributed by atoms with Crippen LogP contribution in [-0.4, -0.2) is 46.8 Å². The molecule has 0 saturated heterocycles. The fourth-order valence-corrected chi connectivity index (χ4v) is 4.57. The van der Waals surface area contributed by atoms with Gasteiger partial charge in [-0.2, -0.15) is 15.1 Å². The molecular formula is C27H30N4O4S. The molecule has 0 spiro atoms. The molecule has 2 aliphatic rings. The number of fused-ring (bicyclic) bond motifs is 1. The highest BCUT2D eigenvalue weighted by Gasteiger charge is 2.36. The highest BCUT2D eigenvalue weighted by molar-refractivity contribution is 8.27. The topological polar surface area (TPSA) is 96.6 Å². The molecule has 0 saturated carbocycles. The second-order valence-electron chi connectivity index (χ2n) is 8.72. The van der Waals surface area contributed by atoms with Crippen molar-refractivity contribution in [2.24, 2.45) is 16.0 Å². The van der Waals surface area contributed by atoms with Gasteiger partial charge in [0.05, 0.1) is 12.2 Å². The van der Waals surface area contributed by atoms with Gasteiger partial charge in [-0.05, 0) is 67.9 Å². The van der Waals surface area contributed by atoms with E-state index in [9.17, 15) is 4.79 Å². The van der Waals surface area contributed by atoms with Gasteiger partial charge in [0.1, 0.15) is 24.0 Å². The Morgan fingerprint density at radius 1 is 1.03 bits per heavy atom. The van der Waals surface area contributed by atoms with Gasteiger partial charge in [-0.25, -0.2) is 0 Å². The first-order valence-electron chi connectivity index (χ1n) is 11.9.